The van der Waals surface area contributed by atoms with E-state index in [-0.39, 0.29) is 25.9 Å². The van der Waals surface area contributed by atoms with Gasteiger partial charge in [0.1, 0.15) is 0 Å². The summed E-state index contributed by atoms with van der Waals surface area (Å²) in [5.74, 6) is -1.69. The molecule has 0 amide bonds. The van der Waals surface area contributed by atoms with Gasteiger partial charge in [-0.3, -0.25) is 4.79 Å². The van der Waals surface area contributed by atoms with Crippen molar-refractivity contribution in [3.8, 4) is 0 Å². The summed E-state index contributed by atoms with van der Waals surface area (Å²) in [6.45, 7) is -0.659. The van der Waals surface area contributed by atoms with Crippen LogP contribution in [0, 0.1) is 5.92 Å². The SMILES string of the molecule is O=C(O)CC1CCN(S(=O)(=O)C(F)(F)F)C1. The van der Waals surface area contributed by atoms with Crippen molar-refractivity contribution >= 4 is 16.0 Å². The van der Waals surface area contributed by atoms with Crippen LogP contribution in [0.4, 0.5) is 13.2 Å². The summed E-state index contributed by atoms with van der Waals surface area (Å²) in [4.78, 5) is 10.3. The molecule has 0 aromatic rings. The molecular formula is C7H10F3NO4S. The Balaban J connectivity index is 2.70. The fraction of sp³-hybridized carbons (Fsp3) is 0.857. The van der Waals surface area contributed by atoms with Crippen molar-refractivity contribution in [1.82, 2.24) is 4.31 Å². The third-order valence-corrected chi connectivity index (χ3v) is 3.94. The van der Waals surface area contributed by atoms with Gasteiger partial charge in [0.2, 0.25) is 0 Å². The van der Waals surface area contributed by atoms with Crippen molar-refractivity contribution in [2.75, 3.05) is 13.1 Å². The van der Waals surface area contributed by atoms with Gasteiger partial charge in [0, 0.05) is 19.5 Å². The molecule has 0 radical (unpaired) electrons. The monoisotopic (exact) mass is 261 g/mol. The van der Waals surface area contributed by atoms with Crippen LogP contribution in [0.5, 0.6) is 0 Å². The average molecular weight is 261 g/mol. The number of sulfonamides is 1. The molecule has 1 aliphatic rings. The fourth-order valence-electron chi connectivity index (χ4n) is 1.58. The molecule has 1 atom stereocenters. The van der Waals surface area contributed by atoms with Crippen molar-refractivity contribution in [3.05, 3.63) is 0 Å². The molecule has 16 heavy (non-hydrogen) atoms. The molecule has 0 aromatic carbocycles. The van der Waals surface area contributed by atoms with Crippen LogP contribution in [-0.4, -0.2) is 42.4 Å². The Bertz CT molecular complexity index is 378. The first-order chi connectivity index (χ1) is 7.14. The third-order valence-electron chi connectivity index (χ3n) is 2.34. The molecule has 1 heterocycles. The van der Waals surface area contributed by atoms with Crippen LogP contribution in [0.3, 0.4) is 0 Å². The first kappa shape index (κ1) is 13.2. The molecule has 9 heteroatoms. The van der Waals surface area contributed by atoms with Crippen LogP contribution in [0.15, 0.2) is 0 Å². The maximum absolute atomic E-state index is 12.1. The molecule has 1 aliphatic heterocycles. The van der Waals surface area contributed by atoms with E-state index < -0.39 is 27.4 Å². The smallest absolute Gasteiger partial charge is 0.481 e. The van der Waals surface area contributed by atoms with Crippen molar-refractivity contribution in [1.29, 1.82) is 0 Å². The van der Waals surface area contributed by atoms with E-state index in [1.807, 2.05) is 0 Å². The zero-order chi connectivity index (χ0) is 12.6. The molecule has 0 aliphatic carbocycles. The summed E-state index contributed by atoms with van der Waals surface area (Å²) in [5.41, 5.74) is -5.31. The molecule has 0 spiro atoms. The minimum atomic E-state index is -5.31. The van der Waals surface area contributed by atoms with Gasteiger partial charge in [-0.1, -0.05) is 0 Å². The van der Waals surface area contributed by atoms with E-state index in [4.69, 9.17) is 5.11 Å². The van der Waals surface area contributed by atoms with Gasteiger partial charge >= 0.3 is 21.5 Å². The quantitative estimate of drug-likeness (QED) is 0.808. The number of carbonyl (C=O) groups is 1. The molecule has 5 nitrogen and oxygen atoms in total. The number of halogens is 3. The van der Waals surface area contributed by atoms with E-state index in [9.17, 15) is 26.4 Å². The number of aliphatic carboxylic acids is 1. The molecule has 1 saturated heterocycles. The molecule has 0 aromatic heterocycles. The second kappa shape index (κ2) is 4.21. The van der Waals surface area contributed by atoms with Gasteiger partial charge in [0.05, 0.1) is 0 Å². The molecule has 0 bridgehead atoms. The first-order valence-electron chi connectivity index (χ1n) is 4.43. The molecule has 94 valence electrons. The second-order valence-electron chi connectivity index (χ2n) is 3.56. The number of carboxylic acid groups (broad SMARTS) is 1. The van der Waals surface area contributed by atoms with Crippen molar-refractivity contribution < 1.29 is 31.5 Å². The standard InChI is InChI=1S/C7H10F3NO4S/c8-7(9,10)16(14,15)11-2-1-5(4-11)3-6(12)13/h5H,1-4H2,(H,12,13). The first-order valence-corrected chi connectivity index (χ1v) is 5.87. The molecule has 1 N–H and O–H groups in total. The number of rotatable bonds is 3. The van der Waals surface area contributed by atoms with E-state index in [2.05, 4.69) is 0 Å². The second-order valence-corrected chi connectivity index (χ2v) is 5.49. The predicted octanol–water partition coefficient (Wildman–Crippen LogP) is 0.633. The fourth-order valence-corrected chi connectivity index (χ4v) is 2.62. The lowest BCUT2D eigenvalue weighted by Gasteiger charge is -2.17. The van der Waals surface area contributed by atoms with Crippen molar-refractivity contribution in [2.24, 2.45) is 5.92 Å². The Kier molecular flexibility index (Phi) is 3.48. The molecular weight excluding hydrogens is 251 g/mol. The van der Waals surface area contributed by atoms with Crippen LogP contribution in [-0.2, 0) is 14.8 Å². The predicted molar refractivity (Wildman–Crippen MR) is 46.9 cm³/mol. The molecule has 1 unspecified atom stereocenters. The lowest BCUT2D eigenvalue weighted by atomic mass is 10.1. The largest absolute Gasteiger partial charge is 0.511 e. The van der Waals surface area contributed by atoms with Gasteiger partial charge in [-0.05, 0) is 12.3 Å². The lowest BCUT2D eigenvalue weighted by molar-refractivity contribution is -0.137. The van der Waals surface area contributed by atoms with Crippen LogP contribution in [0.1, 0.15) is 12.8 Å². The summed E-state index contributed by atoms with van der Waals surface area (Å²) in [5, 5.41) is 8.43. The average Bonchev–Trinajstić information content (AvgIpc) is 2.49. The normalized spacial score (nSPS) is 23.6. The van der Waals surface area contributed by atoms with Crippen LogP contribution < -0.4 is 0 Å². The highest BCUT2D eigenvalue weighted by atomic mass is 32.2. The number of carboxylic acids is 1. The van der Waals surface area contributed by atoms with E-state index in [0.29, 0.717) is 4.31 Å². The summed E-state index contributed by atoms with van der Waals surface area (Å²) in [6.07, 6.45) is -0.175. The van der Waals surface area contributed by atoms with E-state index in [0.717, 1.165) is 0 Å². The minimum absolute atomic E-state index is 0.140. The van der Waals surface area contributed by atoms with Gasteiger partial charge in [-0.2, -0.15) is 17.5 Å². The molecule has 1 fully saturated rings. The summed E-state index contributed by atoms with van der Waals surface area (Å²) in [6, 6.07) is 0. The zero-order valence-corrected chi connectivity index (χ0v) is 8.88. The summed E-state index contributed by atoms with van der Waals surface area (Å²) >= 11 is 0. The Morgan fingerprint density at radius 1 is 1.44 bits per heavy atom. The minimum Gasteiger partial charge on any atom is -0.481 e. The Labute approximate surface area is 89.9 Å². The van der Waals surface area contributed by atoms with Gasteiger partial charge in [-0.25, -0.2) is 8.42 Å². The van der Waals surface area contributed by atoms with E-state index in [1.165, 1.54) is 0 Å². The van der Waals surface area contributed by atoms with Crippen LogP contribution >= 0.6 is 0 Å². The van der Waals surface area contributed by atoms with E-state index in [1.54, 1.807) is 0 Å². The van der Waals surface area contributed by atoms with Gasteiger partial charge in [0.25, 0.3) is 0 Å². The summed E-state index contributed by atoms with van der Waals surface area (Å²) in [7, 11) is -5.30. The van der Waals surface area contributed by atoms with Crippen LogP contribution in [0.25, 0.3) is 0 Å². The summed E-state index contributed by atoms with van der Waals surface area (Å²) < 4.78 is 58.6. The Morgan fingerprint density at radius 3 is 2.44 bits per heavy atom. The van der Waals surface area contributed by atoms with Gasteiger partial charge in [-0.15, -0.1) is 0 Å². The number of hydrogen-bond acceptors (Lipinski definition) is 3. The topological polar surface area (TPSA) is 74.7 Å². The number of nitrogens with zero attached hydrogens (tertiary/aromatic N) is 1. The van der Waals surface area contributed by atoms with Gasteiger partial charge in [0.15, 0.2) is 0 Å². The van der Waals surface area contributed by atoms with Crippen LogP contribution in [0.2, 0.25) is 0 Å². The third kappa shape index (κ3) is 2.64. The maximum Gasteiger partial charge on any atom is 0.511 e. The highest BCUT2D eigenvalue weighted by molar-refractivity contribution is 7.90. The highest BCUT2D eigenvalue weighted by Gasteiger charge is 2.51. The highest BCUT2D eigenvalue weighted by Crippen LogP contribution is 2.31. The Morgan fingerprint density at radius 2 is 2.00 bits per heavy atom. The number of hydrogen-bond donors (Lipinski definition) is 1. The van der Waals surface area contributed by atoms with Crippen molar-refractivity contribution in [2.45, 2.75) is 18.3 Å². The Hall–Kier alpha value is -0.830. The maximum atomic E-state index is 12.1. The molecule has 1 rings (SSSR count). The lowest BCUT2D eigenvalue weighted by Crippen LogP contribution is -2.39. The van der Waals surface area contributed by atoms with Crippen molar-refractivity contribution in [3.63, 3.8) is 0 Å². The van der Waals surface area contributed by atoms with E-state index >= 15 is 0 Å². The van der Waals surface area contributed by atoms with Gasteiger partial charge < -0.3 is 5.11 Å². The zero-order valence-electron chi connectivity index (χ0n) is 8.07. The molecule has 0 saturated carbocycles. The number of alkyl halides is 3.